The maximum Gasteiger partial charge on any atom is 0.245 e. The molecule has 0 aliphatic carbocycles. The van der Waals surface area contributed by atoms with Crippen LogP contribution in [-0.2, 0) is 4.79 Å². The van der Waals surface area contributed by atoms with Crippen molar-refractivity contribution in [1.82, 2.24) is 14.5 Å². The molecule has 1 atom stereocenters. The lowest BCUT2D eigenvalue weighted by atomic mass is 10.1. The number of nitrogens with zero attached hydrogens (tertiary/aromatic N) is 3. The lowest BCUT2D eigenvalue weighted by Crippen LogP contribution is -2.44. The van der Waals surface area contributed by atoms with E-state index in [9.17, 15) is 4.79 Å². The number of ether oxygens (including phenoxy) is 1. The molecule has 3 rings (SSSR count). The predicted molar refractivity (Wildman–Crippen MR) is 93.1 cm³/mol. The number of hydrogen-bond acceptors (Lipinski definition) is 3. The molecule has 0 bridgehead atoms. The van der Waals surface area contributed by atoms with Crippen molar-refractivity contribution in [2.24, 2.45) is 0 Å². The highest BCUT2D eigenvalue weighted by Gasteiger charge is 2.27. The molecule has 0 spiro atoms. The maximum absolute atomic E-state index is 12.6. The summed E-state index contributed by atoms with van der Waals surface area (Å²) in [4.78, 5) is 18.6. The molecule has 1 fully saturated rings. The monoisotopic (exact) mass is 327 g/mol. The van der Waals surface area contributed by atoms with Crippen LogP contribution in [0.15, 0.2) is 36.9 Å². The number of para-hydroxylation sites is 1. The number of carbonyl (C=O) groups excluding carboxylic acids is 1. The van der Waals surface area contributed by atoms with E-state index in [1.165, 1.54) is 11.1 Å². The summed E-state index contributed by atoms with van der Waals surface area (Å²) in [7, 11) is 0. The number of amides is 1. The lowest BCUT2D eigenvalue weighted by Gasteiger charge is -2.34. The fraction of sp³-hybridized carbons (Fsp3) is 0.474. The third-order valence-electron chi connectivity index (χ3n) is 4.78. The van der Waals surface area contributed by atoms with Gasteiger partial charge in [-0.2, -0.15) is 0 Å². The molecule has 0 N–H and O–H groups in total. The molecular weight excluding hydrogens is 302 g/mol. The summed E-state index contributed by atoms with van der Waals surface area (Å²) in [6.45, 7) is 7.56. The quantitative estimate of drug-likeness (QED) is 0.867. The summed E-state index contributed by atoms with van der Waals surface area (Å²) < 4.78 is 8.07. The number of aromatic nitrogens is 2. The Morgan fingerprint density at radius 3 is 2.50 bits per heavy atom. The number of carbonyl (C=O) groups is 1. The highest BCUT2D eigenvalue weighted by Crippen LogP contribution is 2.26. The van der Waals surface area contributed by atoms with E-state index < -0.39 is 0 Å². The molecule has 1 aromatic carbocycles. The van der Waals surface area contributed by atoms with Crippen molar-refractivity contribution in [3.05, 3.63) is 48.0 Å². The highest BCUT2D eigenvalue weighted by molar-refractivity contribution is 5.80. The SMILES string of the molecule is Cc1cccc(C)c1OC1CCN(C(=O)C(C)n2ccnc2)CC1. The van der Waals surface area contributed by atoms with Gasteiger partial charge in [0.15, 0.2) is 0 Å². The molecule has 2 heterocycles. The molecule has 0 saturated carbocycles. The number of benzene rings is 1. The zero-order chi connectivity index (χ0) is 17.1. The summed E-state index contributed by atoms with van der Waals surface area (Å²) in [5.41, 5.74) is 2.34. The Hall–Kier alpha value is -2.30. The first-order valence-electron chi connectivity index (χ1n) is 8.55. The zero-order valence-corrected chi connectivity index (χ0v) is 14.6. The van der Waals surface area contributed by atoms with E-state index in [2.05, 4.69) is 37.0 Å². The second-order valence-corrected chi connectivity index (χ2v) is 6.55. The van der Waals surface area contributed by atoms with Crippen molar-refractivity contribution in [3.8, 4) is 5.75 Å². The fourth-order valence-corrected chi connectivity index (χ4v) is 3.24. The molecule has 2 aromatic rings. The third-order valence-corrected chi connectivity index (χ3v) is 4.78. The molecule has 0 radical (unpaired) electrons. The Bertz CT molecular complexity index is 668. The van der Waals surface area contributed by atoms with Gasteiger partial charge in [-0.25, -0.2) is 4.98 Å². The van der Waals surface area contributed by atoms with Crippen LogP contribution in [0.2, 0.25) is 0 Å². The molecular formula is C19H25N3O2. The van der Waals surface area contributed by atoms with Gasteiger partial charge in [0.1, 0.15) is 17.9 Å². The number of aryl methyl sites for hydroxylation is 2. The zero-order valence-electron chi connectivity index (χ0n) is 14.6. The minimum absolute atomic E-state index is 0.151. The Morgan fingerprint density at radius 1 is 1.25 bits per heavy atom. The maximum atomic E-state index is 12.6. The Balaban J connectivity index is 1.57. The summed E-state index contributed by atoms with van der Waals surface area (Å²) in [6.07, 6.45) is 7.15. The van der Waals surface area contributed by atoms with Gasteiger partial charge in [0.05, 0.1) is 6.33 Å². The van der Waals surface area contributed by atoms with E-state index in [1.54, 1.807) is 12.5 Å². The number of imidazole rings is 1. The topological polar surface area (TPSA) is 47.4 Å². The van der Waals surface area contributed by atoms with E-state index in [0.29, 0.717) is 0 Å². The third kappa shape index (κ3) is 3.45. The first kappa shape index (κ1) is 16.6. The van der Waals surface area contributed by atoms with E-state index in [-0.39, 0.29) is 18.1 Å². The van der Waals surface area contributed by atoms with Gasteiger partial charge < -0.3 is 14.2 Å². The van der Waals surface area contributed by atoms with E-state index in [4.69, 9.17) is 4.74 Å². The molecule has 5 heteroatoms. The first-order chi connectivity index (χ1) is 11.6. The second kappa shape index (κ2) is 7.07. The van der Waals surface area contributed by atoms with Crippen LogP contribution in [0, 0.1) is 13.8 Å². The fourth-order valence-electron chi connectivity index (χ4n) is 3.24. The van der Waals surface area contributed by atoms with E-state index in [1.807, 2.05) is 22.6 Å². The smallest absolute Gasteiger partial charge is 0.245 e. The average Bonchev–Trinajstić information content (AvgIpc) is 3.12. The van der Waals surface area contributed by atoms with Gasteiger partial charge in [-0.1, -0.05) is 18.2 Å². The van der Waals surface area contributed by atoms with E-state index in [0.717, 1.165) is 31.7 Å². The van der Waals surface area contributed by atoms with Crippen LogP contribution in [0.25, 0.3) is 0 Å². The summed E-state index contributed by atoms with van der Waals surface area (Å²) >= 11 is 0. The van der Waals surface area contributed by atoms with Crippen molar-refractivity contribution in [1.29, 1.82) is 0 Å². The van der Waals surface area contributed by atoms with Crippen LogP contribution in [-0.4, -0.2) is 39.6 Å². The van der Waals surface area contributed by atoms with Crippen molar-refractivity contribution in [2.75, 3.05) is 13.1 Å². The predicted octanol–water partition coefficient (Wildman–Crippen LogP) is 3.13. The van der Waals surface area contributed by atoms with E-state index >= 15 is 0 Å². The van der Waals surface area contributed by atoms with Crippen LogP contribution >= 0.6 is 0 Å². The number of hydrogen-bond donors (Lipinski definition) is 0. The molecule has 1 saturated heterocycles. The van der Waals surface area contributed by atoms with Gasteiger partial charge in [-0.3, -0.25) is 4.79 Å². The summed E-state index contributed by atoms with van der Waals surface area (Å²) in [6, 6.07) is 6.00. The highest BCUT2D eigenvalue weighted by atomic mass is 16.5. The summed E-state index contributed by atoms with van der Waals surface area (Å²) in [5.74, 6) is 1.15. The molecule has 128 valence electrons. The Morgan fingerprint density at radius 2 is 1.92 bits per heavy atom. The number of rotatable bonds is 4. The summed E-state index contributed by atoms with van der Waals surface area (Å²) in [5, 5.41) is 0. The van der Waals surface area contributed by atoms with Crippen molar-refractivity contribution < 1.29 is 9.53 Å². The average molecular weight is 327 g/mol. The Kier molecular flexibility index (Phi) is 4.88. The van der Waals surface area contributed by atoms with Crippen molar-refractivity contribution in [2.45, 2.75) is 45.8 Å². The van der Waals surface area contributed by atoms with Crippen molar-refractivity contribution in [3.63, 3.8) is 0 Å². The van der Waals surface area contributed by atoms with Gasteiger partial charge >= 0.3 is 0 Å². The van der Waals surface area contributed by atoms with Gasteiger partial charge in [0.2, 0.25) is 5.91 Å². The minimum Gasteiger partial charge on any atom is -0.490 e. The van der Waals surface area contributed by atoms with Crippen LogP contribution in [0.1, 0.15) is 36.9 Å². The van der Waals surface area contributed by atoms with Crippen LogP contribution in [0.4, 0.5) is 0 Å². The Labute approximate surface area is 143 Å². The second-order valence-electron chi connectivity index (χ2n) is 6.55. The van der Waals surface area contributed by atoms with Crippen LogP contribution in [0.5, 0.6) is 5.75 Å². The molecule has 24 heavy (non-hydrogen) atoms. The first-order valence-corrected chi connectivity index (χ1v) is 8.55. The molecule has 1 aliphatic heterocycles. The molecule has 1 amide bonds. The minimum atomic E-state index is -0.205. The van der Waals surface area contributed by atoms with Crippen LogP contribution < -0.4 is 4.74 Å². The number of piperidine rings is 1. The molecule has 5 nitrogen and oxygen atoms in total. The van der Waals surface area contributed by atoms with Gasteiger partial charge in [-0.15, -0.1) is 0 Å². The molecule has 1 aromatic heterocycles. The number of likely N-dealkylation sites (tertiary alicyclic amines) is 1. The van der Waals surface area contributed by atoms with Crippen LogP contribution in [0.3, 0.4) is 0 Å². The largest absolute Gasteiger partial charge is 0.490 e. The molecule has 1 aliphatic rings. The van der Waals surface area contributed by atoms with Crippen molar-refractivity contribution >= 4 is 5.91 Å². The lowest BCUT2D eigenvalue weighted by molar-refractivity contribution is -0.136. The van der Waals surface area contributed by atoms with Gasteiger partial charge in [0.25, 0.3) is 0 Å². The standard InChI is InChI=1S/C19H25N3O2/c1-14-5-4-6-15(2)18(14)24-17-7-10-21(11-8-17)19(23)16(3)22-12-9-20-13-22/h4-6,9,12-13,16-17H,7-8,10-11H2,1-3H3. The van der Waals surface area contributed by atoms with Gasteiger partial charge in [-0.05, 0) is 31.9 Å². The molecule has 1 unspecified atom stereocenters. The normalized spacial score (nSPS) is 16.9. The van der Waals surface area contributed by atoms with Gasteiger partial charge in [0, 0.05) is 38.3 Å².